The van der Waals surface area contributed by atoms with Crippen molar-refractivity contribution >= 4 is 15.7 Å². The quantitative estimate of drug-likeness (QED) is 0.790. The normalized spacial score (nSPS) is 30.3. The predicted octanol–water partition coefficient (Wildman–Crippen LogP) is 1.72. The molecule has 132 valence electrons. The number of nitrogens with zero attached hydrogens (tertiary/aromatic N) is 1. The van der Waals surface area contributed by atoms with E-state index in [4.69, 9.17) is 0 Å². The Morgan fingerprint density at radius 2 is 1.70 bits per heavy atom. The maximum atomic E-state index is 12.4. The molecule has 6 heteroatoms. The molecule has 3 fully saturated rings. The van der Waals surface area contributed by atoms with Crippen molar-refractivity contribution in [3.63, 3.8) is 0 Å². The van der Waals surface area contributed by atoms with Gasteiger partial charge in [0.1, 0.15) is 0 Å². The SMILES string of the molecule is O=C(CN1CCS(=O)(=O)CC1C1CCC1)NC1CCCCCC1. The molecule has 1 N–H and O–H groups in total. The van der Waals surface area contributed by atoms with E-state index in [0.717, 1.165) is 25.7 Å². The molecule has 1 aliphatic heterocycles. The van der Waals surface area contributed by atoms with Gasteiger partial charge in [0.05, 0.1) is 18.1 Å². The van der Waals surface area contributed by atoms with E-state index in [1.165, 1.54) is 32.1 Å². The van der Waals surface area contributed by atoms with E-state index in [9.17, 15) is 13.2 Å². The Balaban J connectivity index is 1.55. The maximum Gasteiger partial charge on any atom is 0.234 e. The van der Waals surface area contributed by atoms with Gasteiger partial charge >= 0.3 is 0 Å². The Labute approximate surface area is 140 Å². The first-order valence-electron chi connectivity index (χ1n) is 9.27. The number of rotatable bonds is 4. The van der Waals surface area contributed by atoms with Crippen LogP contribution in [0.25, 0.3) is 0 Å². The van der Waals surface area contributed by atoms with Crippen molar-refractivity contribution < 1.29 is 13.2 Å². The monoisotopic (exact) mass is 342 g/mol. The Hall–Kier alpha value is -0.620. The highest BCUT2D eigenvalue weighted by atomic mass is 32.2. The second-order valence-electron chi connectivity index (χ2n) is 7.60. The standard InChI is InChI=1S/C17H30N2O3S/c20-17(18-15-8-3-1-2-4-9-15)12-19-10-11-23(21,22)13-16(19)14-6-5-7-14/h14-16H,1-13H2,(H,18,20). The van der Waals surface area contributed by atoms with Crippen LogP contribution in [0.2, 0.25) is 0 Å². The first-order chi connectivity index (χ1) is 11.0. The van der Waals surface area contributed by atoms with Crippen LogP contribution in [0.5, 0.6) is 0 Å². The molecular formula is C17H30N2O3S. The Bertz CT molecular complexity index is 508. The van der Waals surface area contributed by atoms with Crippen LogP contribution in [0, 0.1) is 5.92 Å². The molecule has 23 heavy (non-hydrogen) atoms. The van der Waals surface area contributed by atoms with Crippen molar-refractivity contribution in [2.75, 3.05) is 24.6 Å². The van der Waals surface area contributed by atoms with Crippen LogP contribution in [-0.4, -0.2) is 55.9 Å². The van der Waals surface area contributed by atoms with Gasteiger partial charge in [-0.3, -0.25) is 9.69 Å². The van der Waals surface area contributed by atoms with Crippen molar-refractivity contribution in [1.82, 2.24) is 10.2 Å². The van der Waals surface area contributed by atoms with Gasteiger partial charge < -0.3 is 5.32 Å². The molecule has 0 aromatic rings. The van der Waals surface area contributed by atoms with Crippen LogP contribution in [0.4, 0.5) is 0 Å². The van der Waals surface area contributed by atoms with Gasteiger partial charge in [0.2, 0.25) is 5.91 Å². The average molecular weight is 343 g/mol. The summed E-state index contributed by atoms with van der Waals surface area (Å²) in [5.74, 6) is 0.998. The number of hydrogen-bond acceptors (Lipinski definition) is 4. The Morgan fingerprint density at radius 1 is 1.00 bits per heavy atom. The lowest BCUT2D eigenvalue weighted by atomic mass is 9.79. The molecule has 3 rings (SSSR count). The third kappa shape index (κ3) is 4.69. The fourth-order valence-corrected chi connectivity index (χ4v) is 5.89. The van der Waals surface area contributed by atoms with Crippen LogP contribution in [-0.2, 0) is 14.6 Å². The highest BCUT2D eigenvalue weighted by molar-refractivity contribution is 7.91. The summed E-state index contributed by atoms with van der Waals surface area (Å²) in [6, 6.07) is 0.378. The summed E-state index contributed by atoms with van der Waals surface area (Å²) in [5, 5.41) is 3.19. The second-order valence-corrected chi connectivity index (χ2v) is 9.83. The molecular weight excluding hydrogens is 312 g/mol. The molecule has 2 aliphatic carbocycles. The van der Waals surface area contributed by atoms with Crippen LogP contribution in [0.1, 0.15) is 57.8 Å². The first-order valence-corrected chi connectivity index (χ1v) is 11.1. The summed E-state index contributed by atoms with van der Waals surface area (Å²) in [4.78, 5) is 14.6. The van der Waals surface area contributed by atoms with Gasteiger partial charge in [-0.2, -0.15) is 0 Å². The summed E-state index contributed by atoms with van der Waals surface area (Å²) < 4.78 is 23.9. The zero-order valence-corrected chi connectivity index (χ0v) is 14.8. The third-order valence-corrected chi connectivity index (χ3v) is 7.50. The third-order valence-electron chi connectivity index (χ3n) is 5.84. The van der Waals surface area contributed by atoms with Gasteiger partial charge in [-0.1, -0.05) is 32.1 Å². The maximum absolute atomic E-state index is 12.4. The van der Waals surface area contributed by atoms with Crippen molar-refractivity contribution in [2.45, 2.75) is 69.9 Å². The minimum atomic E-state index is -2.93. The lowest BCUT2D eigenvalue weighted by Gasteiger charge is -2.43. The van der Waals surface area contributed by atoms with Crippen LogP contribution < -0.4 is 5.32 Å². The Morgan fingerprint density at radius 3 is 2.30 bits per heavy atom. The van der Waals surface area contributed by atoms with Gasteiger partial charge in [-0.15, -0.1) is 0 Å². The number of carbonyl (C=O) groups is 1. The van der Waals surface area contributed by atoms with Gasteiger partial charge in [-0.05, 0) is 31.6 Å². The van der Waals surface area contributed by atoms with Crippen LogP contribution in [0.15, 0.2) is 0 Å². The molecule has 0 radical (unpaired) electrons. The van der Waals surface area contributed by atoms with E-state index in [0.29, 0.717) is 25.0 Å². The summed E-state index contributed by atoms with van der Waals surface area (Å²) in [6.45, 7) is 0.884. The first kappa shape index (κ1) is 17.2. The molecule has 0 spiro atoms. The molecule has 1 saturated heterocycles. The topological polar surface area (TPSA) is 66.5 Å². The molecule has 0 aromatic carbocycles. The van der Waals surface area contributed by atoms with Gasteiger partial charge in [0.15, 0.2) is 9.84 Å². The molecule has 1 unspecified atom stereocenters. The fourth-order valence-electron chi connectivity index (χ4n) is 4.21. The van der Waals surface area contributed by atoms with Crippen LogP contribution >= 0.6 is 0 Å². The van der Waals surface area contributed by atoms with Gasteiger partial charge in [-0.25, -0.2) is 8.42 Å². The van der Waals surface area contributed by atoms with Gasteiger partial charge in [0, 0.05) is 18.6 Å². The minimum absolute atomic E-state index is 0.0578. The predicted molar refractivity (Wildman–Crippen MR) is 91.0 cm³/mol. The minimum Gasteiger partial charge on any atom is -0.352 e. The van der Waals surface area contributed by atoms with Crippen molar-refractivity contribution in [3.05, 3.63) is 0 Å². The Kier molecular flexibility index (Phi) is 5.62. The lowest BCUT2D eigenvalue weighted by molar-refractivity contribution is -0.124. The number of carbonyl (C=O) groups excluding carboxylic acids is 1. The fraction of sp³-hybridized carbons (Fsp3) is 0.941. The zero-order valence-electron chi connectivity index (χ0n) is 14.0. The molecule has 1 amide bonds. The average Bonchev–Trinajstić information content (AvgIpc) is 2.68. The number of amides is 1. The number of sulfone groups is 1. The van der Waals surface area contributed by atoms with E-state index >= 15 is 0 Å². The van der Waals surface area contributed by atoms with Crippen molar-refractivity contribution in [3.8, 4) is 0 Å². The lowest BCUT2D eigenvalue weighted by Crippen LogP contribution is -2.56. The highest BCUT2D eigenvalue weighted by Crippen LogP contribution is 2.34. The largest absolute Gasteiger partial charge is 0.352 e. The molecule has 2 saturated carbocycles. The van der Waals surface area contributed by atoms with Crippen LogP contribution in [0.3, 0.4) is 0 Å². The summed E-state index contributed by atoms with van der Waals surface area (Å²) in [6.07, 6.45) is 10.6. The molecule has 5 nitrogen and oxygen atoms in total. The molecule has 0 aromatic heterocycles. The molecule has 3 aliphatic rings. The molecule has 1 atom stereocenters. The van der Waals surface area contributed by atoms with Crippen molar-refractivity contribution in [1.29, 1.82) is 0 Å². The van der Waals surface area contributed by atoms with E-state index in [1.807, 2.05) is 0 Å². The van der Waals surface area contributed by atoms with E-state index in [2.05, 4.69) is 10.2 Å². The van der Waals surface area contributed by atoms with Crippen molar-refractivity contribution in [2.24, 2.45) is 5.92 Å². The second kappa shape index (κ2) is 7.51. The highest BCUT2D eigenvalue weighted by Gasteiger charge is 2.39. The summed E-state index contributed by atoms with van der Waals surface area (Å²) in [5.41, 5.74) is 0. The van der Waals surface area contributed by atoms with E-state index in [-0.39, 0.29) is 23.5 Å². The van der Waals surface area contributed by atoms with E-state index < -0.39 is 9.84 Å². The zero-order chi connectivity index (χ0) is 16.3. The number of hydrogen-bond donors (Lipinski definition) is 1. The number of nitrogens with one attached hydrogen (secondary N) is 1. The molecule has 0 bridgehead atoms. The smallest absolute Gasteiger partial charge is 0.234 e. The van der Waals surface area contributed by atoms with Gasteiger partial charge in [0.25, 0.3) is 0 Å². The molecule has 1 heterocycles. The summed E-state index contributed by atoms with van der Waals surface area (Å²) >= 11 is 0. The summed E-state index contributed by atoms with van der Waals surface area (Å²) in [7, 11) is -2.93. The van der Waals surface area contributed by atoms with E-state index in [1.54, 1.807) is 0 Å².